The van der Waals surface area contributed by atoms with Gasteiger partial charge in [-0.1, -0.05) is 15.9 Å². The number of rotatable bonds is 3. The smallest absolute Gasteiger partial charge is 0.134 e. The topological polar surface area (TPSA) is 52.5 Å². The number of phenolic OH excluding ortho intramolecular Hbond substituents is 1. The lowest BCUT2D eigenvalue weighted by Gasteiger charge is -2.27. The van der Waals surface area contributed by atoms with Gasteiger partial charge in [-0.3, -0.25) is 0 Å². The number of hydrogen-bond acceptors (Lipinski definition) is 3. The van der Waals surface area contributed by atoms with Gasteiger partial charge in [-0.05, 0) is 53.7 Å². The van der Waals surface area contributed by atoms with Crippen LogP contribution in [-0.4, -0.2) is 22.4 Å². The minimum Gasteiger partial charge on any atom is -0.506 e. The summed E-state index contributed by atoms with van der Waals surface area (Å²) in [7, 11) is 0. The fraction of sp³-hybridized carbons (Fsp3) is 0.538. The van der Waals surface area contributed by atoms with Gasteiger partial charge in [0.1, 0.15) is 5.75 Å². The second-order valence-electron chi connectivity index (χ2n) is 4.79. The molecule has 1 aromatic rings. The van der Waals surface area contributed by atoms with E-state index in [9.17, 15) is 10.2 Å². The van der Waals surface area contributed by atoms with E-state index in [2.05, 4.69) is 37.2 Å². The molecule has 1 aliphatic carbocycles. The van der Waals surface area contributed by atoms with Gasteiger partial charge in [-0.2, -0.15) is 0 Å². The summed E-state index contributed by atoms with van der Waals surface area (Å²) in [5.41, 5.74) is 0.858. The van der Waals surface area contributed by atoms with Crippen LogP contribution in [0.2, 0.25) is 0 Å². The number of aromatic hydroxyl groups is 1. The van der Waals surface area contributed by atoms with Crippen LogP contribution in [0.3, 0.4) is 0 Å². The van der Waals surface area contributed by atoms with Crippen molar-refractivity contribution >= 4 is 31.9 Å². The fourth-order valence-corrected chi connectivity index (χ4v) is 3.67. The molecule has 0 heterocycles. The molecule has 0 radical (unpaired) electrons. The average Bonchev–Trinajstić information content (AvgIpc) is 2.32. The zero-order valence-electron chi connectivity index (χ0n) is 10.00. The van der Waals surface area contributed by atoms with E-state index in [-0.39, 0.29) is 11.9 Å². The summed E-state index contributed by atoms with van der Waals surface area (Å²) in [4.78, 5) is 0. The number of phenols is 1. The maximum Gasteiger partial charge on any atom is 0.134 e. The first-order valence-corrected chi connectivity index (χ1v) is 7.73. The Bertz CT molecular complexity index is 426. The van der Waals surface area contributed by atoms with Crippen molar-refractivity contribution in [3.63, 3.8) is 0 Å². The van der Waals surface area contributed by atoms with Gasteiger partial charge < -0.3 is 15.5 Å². The van der Waals surface area contributed by atoms with E-state index in [1.165, 1.54) is 0 Å². The Kier molecular flexibility index (Phi) is 5.06. The summed E-state index contributed by atoms with van der Waals surface area (Å²) in [6.45, 7) is 0.612. The SMILES string of the molecule is Oc1c(Br)cc(Br)cc1CN[C@@H]1CCC[C@@H](O)C1. The number of hydrogen-bond donors (Lipinski definition) is 3. The Balaban J connectivity index is 1.97. The lowest BCUT2D eigenvalue weighted by molar-refractivity contribution is 0.111. The van der Waals surface area contributed by atoms with Crippen molar-refractivity contribution in [3.8, 4) is 5.75 Å². The Labute approximate surface area is 124 Å². The predicted molar refractivity (Wildman–Crippen MR) is 78.6 cm³/mol. The second kappa shape index (κ2) is 6.37. The van der Waals surface area contributed by atoms with Crippen LogP contribution < -0.4 is 5.32 Å². The van der Waals surface area contributed by atoms with E-state index in [4.69, 9.17) is 0 Å². The molecule has 3 N–H and O–H groups in total. The highest BCUT2D eigenvalue weighted by Gasteiger charge is 2.20. The van der Waals surface area contributed by atoms with Gasteiger partial charge in [-0.15, -0.1) is 0 Å². The van der Waals surface area contributed by atoms with Crippen LogP contribution in [0.1, 0.15) is 31.2 Å². The summed E-state index contributed by atoms with van der Waals surface area (Å²) in [6, 6.07) is 4.07. The number of aliphatic hydroxyl groups excluding tert-OH is 1. The minimum absolute atomic E-state index is 0.181. The molecule has 1 aliphatic rings. The molecule has 0 bridgehead atoms. The standard InChI is InChI=1S/C13H17Br2NO2/c14-9-4-8(13(18)12(15)5-9)7-16-10-2-1-3-11(17)6-10/h4-5,10-11,16-18H,1-3,6-7H2/t10-,11-/m1/s1. The Morgan fingerprint density at radius 2 is 2.06 bits per heavy atom. The molecule has 1 saturated carbocycles. The highest BCUT2D eigenvalue weighted by Crippen LogP contribution is 2.31. The molecule has 18 heavy (non-hydrogen) atoms. The van der Waals surface area contributed by atoms with Crippen LogP contribution in [0.4, 0.5) is 0 Å². The summed E-state index contributed by atoms with van der Waals surface area (Å²) < 4.78 is 1.63. The first-order chi connectivity index (χ1) is 8.56. The third-order valence-corrected chi connectivity index (χ3v) is 4.40. The van der Waals surface area contributed by atoms with Gasteiger partial charge in [0.25, 0.3) is 0 Å². The van der Waals surface area contributed by atoms with Crippen molar-refractivity contribution in [3.05, 3.63) is 26.6 Å². The normalized spacial score (nSPS) is 24.2. The van der Waals surface area contributed by atoms with Gasteiger partial charge in [0.15, 0.2) is 0 Å². The zero-order valence-corrected chi connectivity index (χ0v) is 13.2. The quantitative estimate of drug-likeness (QED) is 0.756. The number of nitrogens with one attached hydrogen (secondary N) is 1. The van der Waals surface area contributed by atoms with Crippen LogP contribution in [-0.2, 0) is 6.54 Å². The second-order valence-corrected chi connectivity index (χ2v) is 6.56. The Hall–Kier alpha value is -0.100. The number of halogens is 2. The maximum absolute atomic E-state index is 9.95. The first-order valence-electron chi connectivity index (χ1n) is 6.14. The first kappa shape index (κ1) is 14.3. The third kappa shape index (κ3) is 3.70. The van der Waals surface area contributed by atoms with E-state index in [0.717, 1.165) is 35.7 Å². The molecule has 0 aliphatic heterocycles. The molecular formula is C13H17Br2NO2. The minimum atomic E-state index is -0.181. The highest BCUT2D eigenvalue weighted by molar-refractivity contribution is 9.11. The lowest BCUT2D eigenvalue weighted by Crippen LogP contribution is -2.35. The van der Waals surface area contributed by atoms with Crippen LogP contribution in [0.15, 0.2) is 21.1 Å². The maximum atomic E-state index is 9.95. The van der Waals surface area contributed by atoms with Crippen LogP contribution in [0, 0.1) is 0 Å². The van der Waals surface area contributed by atoms with Crippen molar-refractivity contribution in [1.29, 1.82) is 0 Å². The number of aliphatic hydroxyl groups is 1. The Morgan fingerprint density at radius 3 is 2.78 bits per heavy atom. The molecule has 100 valence electrons. The van der Waals surface area contributed by atoms with Gasteiger partial charge in [0.05, 0.1) is 10.6 Å². The summed E-state index contributed by atoms with van der Waals surface area (Å²) >= 11 is 6.74. The summed E-state index contributed by atoms with van der Waals surface area (Å²) in [6.07, 6.45) is 3.68. The molecule has 0 spiro atoms. The monoisotopic (exact) mass is 377 g/mol. The molecule has 2 rings (SSSR count). The van der Waals surface area contributed by atoms with Crippen LogP contribution in [0.25, 0.3) is 0 Å². The predicted octanol–water partition coefficient (Wildman–Crippen LogP) is 3.31. The van der Waals surface area contributed by atoms with Crippen molar-refractivity contribution in [2.75, 3.05) is 0 Å². The molecule has 5 heteroatoms. The van der Waals surface area contributed by atoms with E-state index < -0.39 is 0 Å². The van der Waals surface area contributed by atoms with Gasteiger partial charge in [-0.25, -0.2) is 0 Å². The molecule has 3 nitrogen and oxygen atoms in total. The third-order valence-electron chi connectivity index (χ3n) is 3.33. The fourth-order valence-electron chi connectivity index (χ4n) is 2.36. The molecule has 1 fully saturated rings. The van der Waals surface area contributed by atoms with Gasteiger partial charge in [0, 0.05) is 22.6 Å². The average molecular weight is 379 g/mol. The van der Waals surface area contributed by atoms with E-state index in [1.54, 1.807) is 0 Å². The van der Waals surface area contributed by atoms with Crippen molar-refractivity contribution in [2.24, 2.45) is 0 Å². The molecule has 2 atom stereocenters. The Morgan fingerprint density at radius 1 is 1.28 bits per heavy atom. The lowest BCUT2D eigenvalue weighted by atomic mass is 9.93. The summed E-state index contributed by atoms with van der Waals surface area (Å²) in [5, 5.41) is 23.0. The van der Waals surface area contributed by atoms with Crippen molar-refractivity contribution in [1.82, 2.24) is 5.32 Å². The summed E-state index contributed by atoms with van der Waals surface area (Å²) in [5.74, 6) is 0.280. The van der Waals surface area contributed by atoms with Crippen molar-refractivity contribution < 1.29 is 10.2 Å². The largest absolute Gasteiger partial charge is 0.506 e. The molecule has 0 saturated heterocycles. The van der Waals surface area contributed by atoms with E-state index >= 15 is 0 Å². The molecule has 1 aromatic carbocycles. The van der Waals surface area contributed by atoms with Gasteiger partial charge >= 0.3 is 0 Å². The van der Waals surface area contributed by atoms with Gasteiger partial charge in [0.2, 0.25) is 0 Å². The van der Waals surface area contributed by atoms with Crippen molar-refractivity contribution in [2.45, 2.75) is 44.4 Å². The molecule has 0 unspecified atom stereocenters. The highest BCUT2D eigenvalue weighted by atomic mass is 79.9. The molecular weight excluding hydrogens is 362 g/mol. The van der Waals surface area contributed by atoms with E-state index in [1.807, 2.05) is 12.1 Å². The van der Waals surface area contributed by atoms with E-state index in [0.29, 0.717) is 17.1 Å². The molecule has 0 aromatic heterocycles. The van der Waals surface area contributed by atoms with Crippen LogP contribution >= 0.6 is 31.9 Å². The molecule has 0 amide bonds. The van der Waals surface area contributed by atoms with Crippen LogP contribution in [0.5, 0.6) is 5.75 Å². The number of benzene rings is 1. The zero-order chi connectivity index (χ0) is 13.1.